The van der Waals surface area contributed by atoms with Crippen molar-refractivity contribution >= 4 is 33.9 Å². The summed E-state index contributed by atoms with van der Waals surface area (Å²) in [5, 5.41) is 11.6. The first-order valence-electron chi connectivity index (χ1n) is 19.7. The van der Waals surface area contributed by atoms with E-state index in [4.69, 9.17) is 18.6 Å². The van der Waals surface area contributed by atoms with Gasteiger partial charge in [-0.15, -0.1) is 0 Å². The standard InChI is InChI=1S/C42H70N2O8Si2/c1-28-23-32-37(43-19-16-20-43)34(45)26-33(39(32)47)44(27-51-21-22-53(10,11)12)41(48)29(2)17-15-18-35(49-8)40(52-54(13,14)42(5,6)7)31(4)25-30(3)38(46)36(24-28)50-9/h15,17-18,25-26,28,30,35-36,38,40,46H,16,19-24,27H2,1-14H3/b18-15-,29-17+,31-25+/t28-,30+,35+,36+,38-,40+/m1/s1. The van der Waals surface area contributed by atoms with E-state index in [0.29, 0.717) is 43.0 Å². The largest absolute Gasteiger partial charge is 0.407 e. The molecule has 2 aliphatic heterocycles. The molecule has 3 aliphatic rings. The summed E-state index contributed by atoms with van der Waals surface area (Å²) in [5.74, 6) is -1.49. The van der Waals surface area contributed by atoms with Gasteiger partial charge in [0.15, 0.2) is 8.32 Å². The Balaban J connectivity index is 2.20. The number of allylic oxidation sites excluding steroid dienone is 4. The lowest BCUT2D eigenvalue weighted by atomic mass is 9.84. The van der Waals surface area contributed by atoms with Crippen molar-refractivity contribution < 1.29 is 38.1 Å². The number of hydrogen-bond donors (Lipinski definition) is 1. The molecule has 0 radical (unpaired) electrons. The second kappa shape index (κ2) is 19.1. The van der Waals surface area contributed by atoms with Gasteiger partial charge >= 0.3 is 0 Å². The molecule has 1 aliphatic carbocycles. The number of ketones is 2. The van der Waals surface area contributed by atoms with Crippen molar-refractivity contribution in [2.45, 2.75) is 136 Å². The lowest BCUT2D eigenvalue weighted by molar-refractivity contribution is -0.133. The van der Waals surface area contributed by atoms with Crippen molar-refractivity contribution in [3.63, 3.8) is 0 Å². The van der Waals surface area contributed by atoms with Gasteiger partial charge in [0.1, 0.15) is 12.8 Å². The van der Waals surface area contributed by atoms with E-state index >= 15 is 0 Å². The van der Waals surface area contributed by atoms with Crippen LogP contribution in [0.2, 0.25) is 43.8 Å². The van der Waals surface area contributed by atoms with Gasteiger partial charge in [-0.25, -0.2) is 0 Å². The Hall–Kier alpha value is -2.46. The van der Waals surface area contributed by atoms with E-state index in [0.717, 1.165) is 18.0 Å². The van der Waals surface area contributed by atoms with E-state index in [1.54, 1.807) is 33.3 Å². The van der Waals surface area contributed by atoms with Gasteiger partial charge in [0.25, 0.3) is 5.91 Å². The lowest BCUT2D eigenvalue weighted by Crippen LogP contribution is -2.47. The number of methoxy groups -OCH3 is 2. The van der Waals surface area contributed by atoms with E-state index in [2.05, 4.69) is 53.5 Å². The third-order valence-electron chi connectivity index (χ3n) is 11.4. The first kappa shape index (κ1) is 45.9. The molecule has 0 spiro atoms. The minimum Gasteiger partial charge on any atom is -0.407 e. The van der Waals surface area contributed by atoms with E-state index in [1.165, 1.54) is 11.0 Å². The highest BCUT2D eigenvalue weighted by Crippen LogP contribution is 2.39. The van der Waals surface area contributed by atoms with E-state index < -0.39 is 46.7 Å². The number of rotatable bonds is 10. The monoisotopic (exact) mass is 786 g/mol. The molecule has 3 rings (SSSR count). The SMILES string of the molecule is CO[C@H]1/C=C\C=C(/C)C(=O)N(COCC[Si](C)(C)C)C2=CC(=O)C(N3CCC3)=C(C[C@@H](C)C[C@H](OC)[C@H](O)[C@@H](C)/C=C(\C)[C@@H]1O[Si](C)(C)C(C)(C)C)C2=O. The number of likely N-dealkylation sites (tertiary alicyclic amines) is 1. The zero-order valence-electron chi connectivity index (χ0n) is 35.7. The van der Waals surface area contributed by atoms with Crippen LogP contribution >= 0.6 is 0 Å². The zero-order chi connectivity index (χ0) is 40.8. The molecular formula is C42H70N2O8Si2. The Morgan fingerprint density at radius 3 is 2.17 bits per heavy atom. The fraction of sp³-hybridized carbons (Fsp3) is 0.690. The summed E-state index contributed by atoms with van der Waals surface area (Å²) in [6, 6.07) is 0.885. The third kappa shape index (κ3) is 11.8. The summed E-state index contributed by atoms with van der Waals surface area (Å²) in [6.45, 7) is 27.1. The molecule has 0 aromatic rings. The number of aliphatic hydroxyl groups excluding tert-OH is 1. The van der Waals surface area contributed by atoms with E-state index in [-0.39, 0.29) is 47.3 Å². The second-order valence-electron chi connectivity index (χ2n) is 18.3. The summed E-state index contributed by atoms with van der Waals surface area (Å²) >= 11 is 0. The molecule has 1 fully saturated rings. The molecule has 0 aromatic carbocycles. The molecule has 2 heterocycles. The first-order chi connectivity index (χ1) is 25.0. The van der Waals surface area contributed by atoms with Crippen LogP contribution in [0.4, 0.5) is 0 Å². The highest BCUT2D eigenvalue weighted by Gasteiger charge is 2.42. The van der Waals surface area contributed by atoms with Crippen LogP contribution < -0.4 is 0 Å². The number of aliphatic hydroxyl groups is 1. The number of hydrogen-bond acceptors (Lipinski definition) is 9. The smallest absolute Gasteiger partial charge is 0.255 e. The number of carbonyl (C=O) groups is 3. The van der Waals surface area contributed by atoms with Crippen LogP contribution in [0.5, 0.6) is 0 Å². The molecule has 10 nitrogen and oxygen atoms in total. The Morgan fingerprint density at radius 2 is 1.63 bits per heavy atom. The number of amides is 1. The minimum absolute atomic E-state index is 0.0218. The van der Waals surface area contributed by atoms with Gasteiger partial charge in [0.05, 0.1) is 29.7 Å². The van der Waals surface area contributed by atoms with E-state index in [1.807, 2.05) is 37.8 Å². The molecule has 1 saturated heterocycles. The maximum Gasteiger partial charge on any atom is 0.255 e. The minimum atomic E-state index is -2.30. The average molecular weight is 787 g/mol. The van der Waals surface area contributed by atoms with Crippen LogP contribution in [0.1, 0.15) is 67.7 Å². The summed E-state index contributed by atoms with van der Waals surface area (Å²) in [5.41, 5.74) is 2.13. The maximum absolute atomic E-state index is 14.6. The molecule has 0 aromatic heterocycles. The van der Waals surface area contributed by atoms with Crippen molar-refractivity contribution in [2.75, 3.05) is 40.6 Å². The highest BCUT2D eigenvalue weighted by atomic mass is 28.4. The maximum atomic E-state index is 14.6. The van der Waals surface area contributed by atoms with Crippen LogP contribution in [0.25, 0.3) is 0 Å². The Bertz CT molecular complexity index is 1510. The van der Waals surface area contributed by atoms with Crippen molar-refractivity contribution in [2.24, 2.45) is 11.8 Å². The fourth-order valence-electron chi connectivity index (χ4n) is 6.68. The molecule has 2 bridgehead atoms. The average Bonchev–Trinajstić information content (AvgIpc) is 3.05. The number of ether oxygens (including phenoxy) is 3. The van der Waals surface area contributed by atoms with Gasteiger partial charge < -0.3 is 28.6 Å². The Kier molecular flexibility index (Phi) is 16.3. The Morgan fingerprint density at radius 1 is 0.981 bits per heavy atom. The van der Waals surface area contributed by atoms with Crippen molar-refractivity contribution in [1.29, 1.82) is 0 Å². The van der Waals surface area contributed by atoms with Gasteiger partial charge in [-0.1, -0.05) is 78.6 Å². The highest BCUT2D eigenvalue weighted by molar-refractivity contribution is 6.76. The van der Waals surface area contributed by atoms with Crippen LogP contribution in [0.15, 0.2) is 58.5 Å². The van der Waals surface area contributed by atoms with Crippen LogP contribution in [0, 0.1) is 11.8 Å². The number of fused-ring (bicyclic) bond motifs is 2. The van der Waals surface area contributed by atoms with Crippen molar-refractivity contribution in [1.82, 2.24) is 9.80 Å². The summed E-state index contributed by atoms with van der Waals surface area (Å²) in [7, 11) is -0.513. The summed E-state index contributed by atoms with van der Waals surface area (Å²) in [4.78, 5) is 46.1. The molecule has 54 heavy (non-hydrogen) atoms. The van der Waals surface area contributed by atoms with E-state index in [9.17, 15) is 19.5 Å². The van der Waals surface area contributed by atoms with Gasteiger partial charge in [0, 0.05) is 65.1 Å². The summed E-state index contributed by atoms with van der Waals surface area (Å²) < 4.78 is 25.1. The second-order valence-corrected chi connectivity index (χ2v) is 28.7. The first-order valence-corrected chi connectivity index (χ1v) is 26.3. The molecule has 0 unspecified atom stereocenters. The molecule has 1 N–H and O–H groups in total. The molecular weight excluding hydrogens is 717 g/mol. The molecule has 12 heteroatoms. The van der Waals surface area contributed by atoms with Gasteiger partial charge in [0.2, 0.25) is 11.6 Å². The number of carbonyl (C=O) groups excluding carboxylic acids is 3. The lowest BCUT2D eigenvalue weighted by Gasteiger charge is -2.41. The predicted molar refractivity (Wildman–Crippen MR) is 221 cm³/mol. The Labute approximate surface area is 327 Å². The van der Waals surface area contributed by atoms with Crippen LogP contribution in [0.3, 0.4) is 0 Å². The third-order valence-corrected chi connectivity index (χ3v) is 17.5. The topological polar surface area (TPSA) is 115 Å². The van der Waals surface area contributed by atoms with Crippen molar-refractivity contribution in [3.8, 4) is 0 Å². The predicted octanol–water partition coefficient (Wildman–Crippen LogP) is 7.42. The van der Waals surface area contributed by atoms with Crippen LogP contribution in [-0.2, 0) is 33.0 Å². The molecule has 1 amide bonds. The molecule has 0 saturated carbocycles. The fourth-order valence-corrected chi connectivity index (χ4v) is 8.74. The molecule has 304 valence electrons. The van der Waals surface area contributed by atoms with Crippen molar-refractivity contribution in [3.05, 3.63) is 58.5 Å². The number of nitrogens with zero attached hydrogens (tertiary/aromatic N) is 2. The summed E-state index contributed by atoms with van der Waals surface area (Å²) in [6.07, 6.45) is 8.05. The quantitative estimate of drug-likeness (QED) is 0.105. The van der Waals surface area contributed by atoms with Crippen LogP contribution in [-0.4, -0.2) is 114 Å². The van der Waals surface area contributed by atoms with Gasteiger partial charge in [-0.2, -0.15) is 0 Å². The molecule has 6 atom stereocenters. The number of Topliss-reactive ketones (excluding diaryl/α,β-unsaturated/α-hetero) is 1. The van der Waals surface area contributed by atoms with Gasteiger partial charge in [-0.3, -0.25) is 19.3 Å². The normalized spacial score (nSPS) is 30.1. The zero-order valence-corrected chi connectivity index (χ0v) is 37.7. The van der Waals surface area contributed by atoms with Gasteiger partial charge in [-0.05, 0) is 68.8 Å².